The molecule has 10 heteroatoms. The van der Waals surface area contributed by atoms with Gasteiger partial charge in [-0.15, -0.1) is 11.3 Å². The smallest absolute Gasteiger partial charge is 0.244 e. The molecular weight excluding hydrogens is 436 g/mol. The van der Waals surface area contributed by atoms with E-state index in [4.69, 9.17) is 17.3 Å². The summed E-state index contributed by atoms with van der Waals surface area (Å²) in [7, 11) is 0. The Balaban J connectivity index is 1.33. The number of halogens is 1. The number of nitrogens with two attached hydrogens (primary N) is 1. The Hall–Kier alpha value is -3.01. The van der Waals surface area contributed by atoms with Crippen molar-refractivity contribution in [3.8, 4) is 0 Å². The molecule has 1 aliphatic heterocycles. The molecule has 1 aromatic carbocycles. The maximum absolute atomic E-state index is 12.6. The highest BCUT2D eigenvalue weighted by atomic mass is 35.5. The van der Waals surface area contributed by atoms with Crippen molar-refractivity contribution in [1.82, 2.24) is 25.5 Å². The number of rotatable bonds is 6. The Labute approximate surface area is 188 Å². The van der Waals surface area contributed by atoms with E-state index in [2.05, 4.69) is 20.6 Å². The summed E-state index contributed by atoms with van der Waals surface area (Å²) in [6, 6.07) is 8.75. The third-order valence-electron chi connectivity index (χ3n) is 4.90. The van der Waals surface area contributed by atoms with E-state index in [-0.39, 0.29) is 18.4 Å². The van der Waals surface area contributed by atoms with Crippen molar-refractivity contribution in [2.45, 2.75) is 12.6 Å². The lowest BCUT2D eigenvalue weighted by molar-refractivity contribution is -0.133. The average molecular weight is 457 g/mol. The number of nitrogens with zero attached hydrogens (tertiary/aromatic N) is 3. The lowest BCUT2D eigenvalue weighted by atomic mass is 10.1. The van der Waals surface area contributed by atoms with Gasteiger partial charge in [-0.1, -0.05) is 23.7 Å². The zero-order chi connectivity index (χ0) is 21.8. The topological polar surface area (TPSA) is 113 Å². The standard InChI is InChI=1S/C21H21ClN6O2S/c22-18-6-4-14(31-18)2-1-7-28-10-17(27-19(29)11-28)21(30)24-9-13-3-5-15-16(8-13)25-12-26-20(15)23/h1-6,8,12,17H,7,9-11H2,(H,24,30)(H,27,29)(H2,23,25,26). The van der Waals surface area contributed by atoms with Gasteiger partial charge in [0.1, 0.15) is 18.2 Å². The fraction of sp³-hybridized carbons (Fsp3) is 0.238. The molecule has 3 aromatic rings. The highest BCUT2D eigenvalue weighted by Gasteiger charge is 2.28. The maximum atomic E-state index is 12.6. The molecule has 2 amide bonds. The van der Waals surface area contributed by atoms with E-state index in [0.29, 0.717) is 25.5 Å². The molecule has 4 N–H and O–H groups in total. The minimum absolute atomic E-state index is 0.170. The van der Waals surface area contributed by atoms with Crippen LogP contribution in [0.5, 0.6) is 0 Å². The van der Waals surface area contributed by atoms with Crippen LogP contribution in [0.4, 0.5) is 5.82 Å². The summed E-state index contributed by atoms with van der Waals surface area (Å²) >= 11 is 7.42. The number of hydrogen-bond donors (Lipinski definition) is 3. The Morgan fingerprint density at radius 3 is 3.03 bits per heavy atom. The molecule has 160 valence electrons. The predicted octanol–water partition coefficient (Wildman–Crippen LogP) is 2.06. The molecule has 0 spiro atoms. The number of amides is 2. The predicted molar refractivity (Wildman–Crippen MR) is 123 cm³/mol. The largest absolute Gasteiger partial charge is 0.383 e. The summed E-state index contributed by atoms with van der Waals surface area (Å²) in [5.74, 6) is 0.0213. The minimum atomic E-state index is -0.607. The van der Waals surface area contributed by atoms with E-state index < -0.39 is 6.04 Å². The van der Waals surface area contributed by atoms with E-state index in [1.807, 2.05) is 47.4 Å². The molecule has 31 heavy (non-hydrogen) atoms. The maximum Gasteiger partial charge on any atom is 0.244 e. The number of nitrogens with one attached hydrogen (secondary N) is 2. The molecule has 4 rings (SSSR count). The first kappa shape index (κ1) is 21.2. The number of aromatic nitrogens is 2. The van der Waals surface area contributed by atoms with E-state index in [1.54, 1.807) is 0 Å². The number of fused-ring (bicyclic) bond motifs is 1. The number of nitrogen functional groups attached to an aromatic ring is 1. The van der Waals surface area contributed by atoms with Gasteiger partial charge in [-0.3, -0.25) is 14.5 Å². The second kappa shape index (κ2) is 9.42. The summed E-state index contributed by atoms with van der Waals surface area (Å²) in [5, 5.41) is 6.42. The van der Waals surface area contributed by atoms with Crippen LogP contribution in [0.2, 0.25) is 4.34 Å². The number of carbonyl (C=O) groups is 2. The Morgan fingerprint density at radius 2 is 2.23 bits per heavy atom. The molecule has 1 aliphatic rings. The van der Waals surface area contributed by atoms with Crippen molar-refractivity contribution in [3.63, 3.8) is 0 Å². The van der Waals surface area contributed by atoms with Crippen LogP contribution in [-0.2, 0) is 16.1 Å². The monoisotopic (exact) mass is 456 g/mol. The lowest BCUT2D eigenvalue weighted by Gasteiger charge is -2.31. The second-order valence-electron chi connectivity index (χ2n) is 7.19. The van der Waals surface area contributed by atoms with Gasteiger partial charge in [-0.05, 0) is 35.9 Å². The Bertz CT molecular complexity index is 1150. The first-order chi connectivity index (χ1) is 15.0. The van der Waals surface area contributed by atoms with E-state index in [9.17, 15) is 9.59 Å². The van der Waals surface area contributed by atoms with Gasteiger partial charge in [0.25, 0.3) is 0 Å². The average Bonchev–Trinajstić information content (AvgIpc) is 3.16. The van der Waals surface area contributed by atoms with Crippen molar-refractivity contribution in [1.29, 1.82) is 0 Å². The third kappa shape index (κ3) is 5.38. The van der Waals surface area contributed by atoms with Gasteiger partial charge >= 0.3 is 0 Å². The fourth-order valence-electron chi connectivity index (χ4n) is 3.38. The van der Waals surface area contributed by atoms with Gasteiger partial charge in [-0.2, -0.15) is 0 Å². The SMILES string of the molecule is Nc1ncnc2cc(CNC(=O)C3CN(CC=Cc4ccc(Cl)s4)CC(=O)N3)ccc12. The summed E-state index contributed by atoms with van der Waals surface area (Å²) < 4.78 is 0.732. The van der Waals surface area contributed by atoms with Crippen LogP contribution < -0.4 is 16.4 Å². The van der Waals surface area contributed by atoms with Crippen molar-refractivity contribution >= 4 is 57.5 Å². The zero-order valence-corrected chi connectivity index (χ0v) is 18.1. The van der Waals surface area contributed by atoms with Gasteiger partial charge in [0.05, 0.1) is 16.4 Å². The van der Waals surface area contributed by atoms with E-state index >= 15 is 0 Å². The van der Waals surface area contributed by atoms with Crippen LogP contribution >= 0.6 is 22.9 Å². The molecule has 0 radical (unpaired) electrons. The number of hydrogen-bond acceptors (Lipinski definition) is 7. The van der Waals surface area contributed by atoms with Crippen LogP contribution in [0.15, 0.2) is 42.7 Å². The normalized spacial score (nSPS) is 17.2. The Morgan fingerprint density at radius 1 is 1.35 bits per heavy atom. The highest BCUT2D eigenvalue weighted by Crippen LogP contribution is 2.22. The van der Waals surface area contributed by atoms with Crippen LogP contribution in [0.3, 0.4) is 0 Å². The first-order valence-electron chi connectivity index (χ1n) is 9.68. The van der Waals surface area contributed by atoms with Crippen molar-refractivity contribution < 1.29 is 9.59 Å². The van der Waals surface area contributed by atoms with Gasteiger partial charge in [0.15, 0.2) is 0 Å². The number of thiophene rings is 1. The van der Waals surface area contributed by atoms with Crippen LogP contribution in [0.1, 0.15) is 10.4 Å². The van der Waals surface area contributed by atoms with E-state index in [1.165, 1.54) is 17.7 Å². The molecule has 3 heterocycles. The molecule has 0 bridgehead atoms. The van der Waals surface area contributed by atoms with Gasteiger partial charge < -0.3 is 16.4 Å². The molecule has 0 saturated carbocycles. The Kier molecular flexibility index (Phi) is 6.45. The molecule has 1 atom stereocenters. The molecule has 1 fully saturated rings. The molecular formula is C21H21ClN6O2S. The number of anilines is 1. The number of carbonyl (C=O) groups excluding carboxylic acids is 2. The lowest BCUT2D eigenvalue weighted by Crippen LogP contribution is -2.59. The van der Waals surface area contributed by atoms with Crippen molar-refractivity contribution in [2.24, 2.45) is 0 Å². The zero-order valence-electron chi connectivity index (χ0n) is 16.5. The molecule has 1 unspecified atom stereocenters. The molecule has 0 aliphatic carbocycles. The number of piperazine rings is 1. The van der Waals surface area contributed by atoms with Crippen LogP contribution in [-0.4, -0.2) is 52.4 Å². The quantitative estimate of drug-likeness (QED) is 0.523. The van der Waals surface area contributed by atoms with Crippen molar-refractivity contribution in [2.75, 3.05) is 25.4 Å². The molecule has 1 saturated heterocycles. The van der Waals surface area contributed by atoms with Crippen LogP contribution in [0.25, 0.3) is 17.0 Å². The summed E-state index contributed by atoms with van der Waals surface area (Å²) in [4.78, 5) is 35.9. The molecule has 8 nitrogen and oxygen atoms in total. The third-order valence-corrected chi connectivity index (χ3v) is 6.09. The van der Waals surface area contributed by atoms with E-state index in [0.717, 1.165) is 25.7 Å². The highest BCUT2D eigenvalue weighted by molar-refractivity contribution is 7.16. The van der Waals surface area contributed by atoms with Gasteiger partial charge in [0.2, 0.25) is 11.8 Å². The number of benzene rings is 1. The summed E-state index contributed by atoms with van der Waals surface area (Å²) in [5.41, 5.74) is 7.45. The van der Waals surface area contributed by atoms with Gasteiger partial charge in [0, 0.05) is 29.9 Å². The summed E-state index contributed by atoms with van der Waals surface area (Å²) in [6.07, 6.45) is 5.35. The van der Waals surface area contributed by atoms with Crippen LogP contribution in [0, 0.1) is 0 Å². The molecule has 2 aromatic heterocycles. The van der Waals surface area contributed by atoms with Gasteiger partial charge in [-0.25, -0.2) is 9.97 Å². The summed E-state index contributed by atoms with van der Waals surface area (Å²) in [6.45, 7) is 1.59. The van der Waals surface area contributed by atoms with Crippen molar-refractivity contribution in [3.05, 3.63) is 57.5 Å². The second-order valence-corrected chi connectivity index (χ2v) is 8.93. The first-order valence-corrected chi connectivity index (χ1v) is 10.9. The minimum Gasteiger partial charge on any atom is -0.383 e. The fourth-order valence-corrected chi connectivity index (χ4v) is 4.37.